The zero-order valence-electron chi connectivity index (χ0n) is 22.4. The number of amides is 3. The maximum absolute atomic E-state index is 15.2. The molecule has 4 atom stereocenters. The van der Waals surface area contributed by atoms with Crippen LogP contribution in [0.5, 0.6) is 0 Å². The Labute approximate surface area is 207 Å². The van der Waals surface area contributed by atoms with E-state index < -0.39 is 53.2 Å². The molecule has 0 aliphatic carbocycles. The molecular formula is C24H44F2N4O5. The van der Waals surface area contributed by atoms with Crippen molar-refractivity contribution < 1.29 is 33.1 Å². The molecule has 6 N–H and O–H groups in total. The number of Topliss-reactive ketones (excluding diaryl/α,β-unsaturated/α-hetero) is 1. The smallest absolute Gasteiger partial charge is 0.361 e. The molecule has 0 heterocycles. The van der Waals surface area contributed by atoms with Gasteiger partial charge in [0.1, 0.15) is 6.04 Å². The zero-order chi connectivity index (χ0) is 27.9. The van der Waals surface area contributed by atoms with Crippen molar-refractivity contribution in [1.29, 1.82) is 0 Å². The Morgan fingerprint density at radius 2 is 1.34 bits per heavy atom. The largest absolute Gasteiger partial charge is 0.375 e. The maximum Gasteiger partial charge on any atom is 0.361 e. The second kappa shape index (κ2) is 13.2. The van der Waals surface area contributed by atoms with Crippen LogP contribution in [0.25, 0.3) is 0 Å². The number of rotatable bonds is 14. The first-order valence-corrected chi connectivity index (χ1v) is 12.1. The van der Waals surface area contributed by atoms with Crippen molar-refractivity contribution in [3.05, 3.63) is 0 Å². The molecule has 11 heteroatoms. The molecule has 4 unspecified atom stereocenters. The summed E-state index contributed by atoms with van der Waals surface area (Å²) in [5.41, 5.74) is 2.33. The van der Waals surface area contributed by atoms with Gasteiger partial charge in [0.25, 0.3) is 5.91 Å². The Morgan fingerprint density at radius 1 is 0.857 bits per heavy atom. The van der Waals surface area contributed by atoms with E-state index in [4.69, 9.17) is 5.73 Å². The van der Waals surface area contributed by atoms with E-state index in [1.807, 2.05) is 13.8 Å². The fourth-order valence-corrected chi connectivity index (χ4v) is 3.73. The summed E-state index contributed by atoms with van der Waals surface area (Å²) in [6.45, 7) is 13.4. The third kappa shape index (κ3) is 8.20. The van der Waals surface area contributed by atoms with E-state index in [0.717, 1.165) is 7.05 Å². The van der Waals surface area contributed by atoms with Crippen LogP contribution in [-0.4, -0.2) is 65.3 Å². The van der Waals surface area contributed by atoms with Gasteiger partial charge in [0.2, 0.25) is 17.4 Å². The number of nitrogens with two attached hydrogens (primary N) is 1. The van der Waals surface area contributed by atoms with Crippen molar-refractivity contribution in [2.45, 2.75) is 97.9 Å². The van der Waals surface area contributed by atoms with Crippen molar-refractivity contribution in [2.24, 2.45) is 29.4 Å². The molecule has 0 aliphatic rings. The number of carbonyl (C=O) groups excluding carboxylic acids is 4. The molecule has 9 nitrogen and oxygen atoms in total. The molecule has 0 bridgehead atoms. The van der Waals surface area contributed by atoms with Gasteiger partial charge in [-0.05, 0) is 30.1 Å². The molecule has 3 amide bonds. The Morgan fingerprint density at radius 3 is 1.71 bits per heavy atom. The fourth-order valence-electron chi connectivity index (χ4n) is 3.73. The van der Waals surface area contributed by atoms with E-state index in [1.165, 1.54) is 13.8 Å². The van der Waals surface area contributed by atoms with Crippen LogP contribution in [0.1, 0.15) is 68.2 Å². The standard InChI is InChI=1S/C24H44F2N4O5/c1-12(2)10-16(27)23(35,24(25,26)22(34)28-9)20(32)18(14(5)6)30-21(33)19(15(7)8)29-17(31)11-13(3)4/h12-16,18-19,35H,10-11,27H2,1-9H3,(H,28,34)(H,29,31)(H,30,33). The average molecular weight is 507 g/mol. The van der Waals surface area contributed by atoms with Gasteiger partial charge in [-0.1, -0.05) is 55.4 Å². The van der Waals surface area contributed by atoms with Gasteiger partial charge in [0.15, 0.2) is 5.78 Å². The molecule has 0 rings (SSSR count). The number of hydrogen-bond acceptors (Lipinski definition) is 6. The van der Waals surface area contributed by atoms with Crippen LogP contribution in [-0.2, 0) is 19.2 Å². The number of halogens is 2. The lowest BCUT2D eigenvalue weighted by Gasteiger charge is -2.41. The van der Waals surface area contributed by atoms with Crippen LogP contribution in [0.2, 0.25) is 0 Å². The molecule has 35 heavy (non-hydrogen) atoms. The molecule has 0 aromatic heterocycles. The lowest BCUT2D eigenvalue weighted by molar-refractivity contribution is -0.204. The van der Waals surface area contributed by atoms with Crippen molar-refractivity contribution in [3.8, 4) is 0 Å². The van der Waals surface area contributed by atoms with Crippen molar-refractivity contribution in [1.82, 2.24) is 16.0 Å². The molecule has 0 spiro atoms. The first-order valence-electron chi connectivity index (χ1n) is 12.1. The lowest BCUT2D eigenvalue weighted by Crippen LogP contribution is -2.73. The van der Waals surface area contributed by atoms with Gasteiger partial charge < -0.3 is 26.8 Å². The maximum atomic E-state index is 15.2. The SMILES string of the molecule is CNC(=O)C(F)(F)C(O)(C(=O)C(NC(=O)C(NC(=O)CC(C)C)C(C)C)C(C)C)C(N)CC(C)C. The Balaban J connectivity index is 6.31. The summed E-state index contributed by atoms with van der Waals surface area (Å²) in [5, 5.41) is 17.9. The fraction of sp³-hybridized carbons (Fsp3) is 0.833. The Hall–Kier alpha value is -2.14. The molecule has 0 aromatic rings. The van der Waals surface area contributed by atoms with Crippen molar-refractivity contribution >= 4 is 23.5 Å². The highest BCUT2D eigenvalue weighted by atomic mass is 19.3. The highest BCUT2D eigenvalue weighted by Gasteiger charge is 2.67. The van der Waals surface area contributed by atoms with Gasteiger partial charge in [-0.25, -0.2) is 0 Å². The molecule has 0 aliphatic heterocycles. The Kier molecular flexibility index (Phi) is 12.4. The minimum absolute atomic E-state index is 0.0419. The molecule has 0 saturated carbocycles. The van der Waals surface area contributed by atoms with E-state index in [9.17, 15) is 24.3 Å². The number of aliphatic hydroxyl groups is 1. The summed E-state index contributed by atoms with van der Waals surface area (Å²) < 4.78 is 30.5. The van der Waals surface area contributed by atoms with Gasteiger partial charge in [0, 0.05) is 19.5 Å². The van der Waals surface area contributed by atoms with Gasteiger partial charge in [-0.3, -0.25) is 19.2 Å². The van der Waals surface area contributed by atoms with Gasteiger partial charge >= 0.3 is 5.92 Å². The van der Waals surface area contributed by atoms with Crippen LogP contribution >= 0.6 is 0 Å². The molecule has 0 fully saturated rings. The highest BCUT2D eigenvalue weighted by molar-refractivity contribution is 6.02. The first kappa shape index (κ1) is 32.9. The third-order valence-electron chi connectivity index (χ3n) is 5.73. The number of alkyl halides is 2. The topological polar surface area (TPSA) is 151 Å². The monoisotopic (exact) mass is 506 g/mol. The minimum atomic E-state index is -4.58. The molecule has 0 radical (unpaired) electrons. The van der Waals surface area contributed by atoms with E-state index in [0.29, 0.717) is 0 Å². The van der Waals surface area contributed by atoms with Crippen LogP contribution in [0, 0.1) is 23.7 Å². The normalized spacial score (nSPS) is 16.6. The molecule has 0 aromatic carbocycles. The summed E-state index contributed by atoms with van der Waals surface area (Å²) in [6.07, 6.45) is -0.0152. The number of nitrogens with one attached hydrogen (secondary N) is 3. The average Bonchev–Trinajstić information content (AvgIpc) is 2.71. The number of hydrogen-bond donors (Lipinski definition) is 5. The van der Waals surface area contributed by atoms with Gasteiger partial charge in [0.05, 0.1) is 6.04 Å². The predicted octanol–water partition coefficient (Wildman–Crippen LogP) is 1.37. The van der Waals surface area contributed by atoms with Crippen LogP contribution < -0.4 is 21.7 Å². The van der Waals surface area contributed by atoms with E-state index in [1.54, 1.807) is 33.0 Å². The second-order valence-electron chi connectivity index (χ2n) is 10.6. The van der Waals surface area contributed by atoms with Crippen LogP contribution in [0.4, 0.5) is 8.78 Å². The molecular weight excluding hydrogens is 462 g/mol. The summed E-state index contributed by atoms with van der Waals surface area (Å²) in [6, 6.07) is -4.45. The van der Waals surface area contributed by atoms with E-state index in [2.05, 4.69) is 10.6 Å². The van der Waals surface area contributed by atoms with Gasteiger partial charge in [-0.15, -0.1) is 0 Å². The van der Waals surface area contributed by atoms with Gasteiger partial charge in [-0.2, -0.15) is 8.78 Å². The third-order valence-corrected chi connectivity index (χ3v) is 5.73. The lowest BCUT2D eigenvalue weighted by atomic mass is 9.75. The second-order valence-corrected chi connectivity index (χ2v) is 10.6. The summed E-state index contributed by atoms with van der Waals surface area (Å²) in [4.78, 5) is 50.9. The van der Waals surface area contributed by atoms with Crippen molar-refractivity contribution in [3.63, 3.8) is 0 Å². The highest BCUT2D eigenvalue weighted by Crippen LogP contribution is 2.36. The summed E-state index contributed by atoms with van der Waals surface area (Å²) in [5.74, 6) is -10.4. The molecule has 0 saturated heterocycles. The van der Waals surface area contributed by atoms with Crippen LogP contribution in [0.15, 0.2) is 0 Å². The summed E-state index contributed by atoms with van der Waals surface area (Å²) >= 11 is 0. The minimum Gasteiger partial charge on any atom is -0.375 e. The Bertz CT molecular complexity index is 758. The van der Waals surface area contributed by atoms with Crippen LogP contribution in [0.3, 0.4) is 0 Å². The van der Waals surface area contributed by atoms with Crippen molar-refractivity contribution in [2.75, 3.05) is 7.05 Å². The molecule has 204 valence electrons. The van der Waals surface area contributed by atoms with E-state index >= 15 is 8.78 Å². The quantitative estimate of drug-likeness (QED) is 0.240. The van der Waals surface area contributed by atoms with E-state index in [-0.39, 0.29) is 36.5 Å². The predicted molar refractivity (Wildman–Crippen MR) is 129 cm³/mol. The zero-order valence-corrected chi connectivity index (χ0v) is 22.4. The number of ketones is 1. The first-order chi connectivity index (χ1) is 15.8. The number of carbonyl (C=O) groups is 4. The summed E-state index contributed by atoms with van der Waals surface area (Å²) in [7, 11) is 0.948.